The Balaban J connectivity index is 1.84. The number of rotatable bonds is 9. The Labute approximate surface area is 179 Å². The molecule has 1 heterocycles. The first-order chi connectivity index (χ1) is 14.2. The van der Waals surface area contributed by atoms with E-state index >= 15 is 0 Å². The number of hydrogen-bond acceptors (Lipinski definition) is 6. The Bertz CT molecular complexity index is 663. The van der Waals surface area contributed by atoms with Gasteiger partial charge in [0.2, 0.25) is 0 Å². The van der Waals surface area contributed by atoms with Gasteiger partial charge in [-0.05, 0) is 44.6 Å². The van der Waals surface area contributed by atoms with Crippen LogP contribution in [-0.4, -0.2) is 56.4 Å². The van der Waals surface area contributed by atoms with Crippen molar-refractivity contribution in [2.45, 2.75) is 82.4 Å². The molecule has 6 heteroatoms. The highest BCUT2D eigenvalue weighted by atomic mass is 16.5. The number of carbonyl (C=O) groups excluding carboxylic acids is 1. The van der Waals surface area contributed by atoms with E-state index in [1.165, 1.54) is 19.1 Å². The summed E-state index contributed by atoms with van der Waals surface area (Å²) in [5.74, 6) is -0.0499. The highest BCUT2D eigenvalue weighted by molar-refractivity contribution is 5.83. The predicted octanol–water partition coefficient (Wildman–Crippen LogP) is 2.58. The highest BCUT2D eigenvalue weighted by Crippen LogP contribution is 2.25. The Morgan fingerprint density at radius 2 is 2.03 bits per heavy atom. The molecule has 0 amide bonds. The second-order valence-corrected chi connectivity index (χ2v) is 8.59. The highest BCUT2D eigenvalue weighted by Gasteiger charge is 2.30. The van der Waals surface area contributed by atoms with Gasteiger partial charge in [-0.15, -0.1) is 0 Å². The smallest absolute Gasteiger partial charge is 0.331 e. The Kier molecular flexibility index (Phi) is 9.49. The van der Waals surface area contributed by atoms with E-state index in [1.54, 1.807) is 24.3 Å². The van der Waals surface area contributed by atoms with Crippen molar-refractivity contribution in [2.24, 2.45) is 11.8 Å². The molecule has 1 aliphatic carbocycles. The van der Waals surface area contributed by atoms with Crippen LogP contribution in [0.25, 0.3) is 0 Å². The van der Waals surface area contributed by atoms with Crippen LogP contribution in [0.5, 0.6) is 0 Å². The minimum atomic E-state index is -1.57. The Morgan fingerprint density at radius 3 is 2.73 bits per heavy atom. The number of aliphatic hydroxyl groups is 4. The number of ether oxygens (including phenoxy) is 1. The van der Waals surface area contributed by atoms with E-state index in [1.807, 2.05) is 19.1 Å². The maximum absolute atomic E-state index is 11.5. The first-order valence-electron chi connectivity index (χ1n) is 10.9. The van der Waals surface area contributed by atoms with E-state index in [0.717, 1.165) is 32.1 Å². The second kappa shape index (κ2) is 11.6. The summed E-state index contributed by atoms with van der Waals surface area (Å²) >= 11 is 0. The fourth-order valence-electron chi connectivity index (χ4n) is 3.86. The molecule has 168 valence electrons. The van der Waals surface area contributed by atoms with Crippen LogP contribution in [0.4, 0.5) is 0 Å². The van der Waals surface area contributed by atoms with Gasteiger partial charge in [0, 0.05) is 18.4 Å². The molecule has 0 radical (unpaired) electrons. The Hall–Kier alpha value is -1.73. The van der Waals surface area contributed by atoms with Gasteiger partial charge >= 0.3 is 5.97 Å². The fourth-order valence-corrected chi connectivity index (χ4v) is 3.86. The summed E-state index contributed by atoms with van der Waals surface area (Å²) in [5, 5.41) is 40.8. The fraction of sp³-hybridized carbons (Fsp3) is 0.625. The van der Waals surface area contributed by atoms with Gasteiger partial charge in [-0.3, -0.25) is 0 Å². The number of allylic oxidation sites excluding steroid dienone is 3. The van der Waals surface area contributed by atoms with Crippen LogP contribution in [0.1, 0.15) is 52.4 Å². The molecule has 0 aromatic rings. The molecule has 4 N–H and O–H groups in total. The van der Waals surface area contributed by atoms with Gasteiger partial charge in [-0.2, -0.15) is 0 Å². The zero-order valence-electron chi connectivity index (χ0n) is 17.9. The van der Waals surface area contributed by atoms with Gasteiger partial charge in [0.05, 0.1) is 18.3 Å². The lowest BCUT2D eigenvalue weighted by Gasteiger charge is -2.29. The van der Waals surface area contributed by atoms with E-state index in [9.17, 15) is 25.2 Å². The van der Waals surface area contributed by atoms with Crippen LogP contribution >= 0.6 is 0 Å². The van der Waals surface area contributed by atoms with Gasteiger partial charge in [-0.25, -0.2) is 4.79 Å². The first-order valence-corrected chi connectivity index (χ1v) is 10.9. The largest absolute Gasteiger partial charge is 0.454 e. The minimum Gasteiger partial charge on any atom is -0.454 e. The van der Waals surface area contributed by atoms with Gasteiger partial charge in [0.15, 0.2) is 0 Å². The lowest BCUT2D eigenvalue weighted by molar-refractivity contribution is -0.143. The summed E-state index contributed by atoms with van der Waals surface area (Å²) in [6.45, 7) is 3.44. The minimum absolute atomic E-state index is 0.0254. The van der Waals surface area contributed by atoms with Crippen LogP contribution in [0.3, 0.4) is 0 Å². The molecule has 0 aromatic heterocycles. The predicted molar refractivity (Wildman–Crippen MR) is 115 cm³/mol. The maximum atomic E-state index is 11.5. The average molecular weight is 421 g/mol. The molecule has 0 aromatic carbocycles. The van der Waals surface area contributed by atoms with Gasteiger partial charge in [-0.1, -0.05) is 49.8 Å². The van der Waals surface area contributed by atoms with E-state index in [2.05, 4.69) is 0 Å². The SMILES string of the molecule is CC[C@H]1C=CC(=O)O[C@H]1/C=C/[C@@](C)(O)[C@H](O)C[C@@H](O)/C=C\C=C/[C@@H]1CCC[C@H](O)C1. The molecule has 1 fully saturated rings. The van der Waals surface area contributed by atoms with E-state index < -0.39 is 29.9 Å². The molecule has 2 aliphatic rings. The zero-order chi connectivity index (χ0) is 22.1. The molecule has 0 bridgehead atoms. The van der Waals surface area contributed by atoms with Crippen LogP contribution in [0.2, 0.25) is 0 Å². The lowest BCUT2D eigenvalue weighted by atomic mass is 9.87. The summed E-state index contributed by atoms with van der Waals surface area (Å²) in [4.78, 5) is 11.5. The maximum Gasteiger partial charge on any atom is 0.331 e. The number of cyclic esters (lactones) is 1. The normalized spacial score (nSPS) is 31.9. The molecule has 0 spiro atoms. The molecule has 7 atom stereocenters. The number of hydrogen-bond donors (Lipinski definition) is 4. The third-order valence-corrected chi connectivity index (χ3v) is 5.90. The van der Waals surface area contributed by atoms with Crippen LogP contribution < -0.4 is 0 Å². The van der Waals surface area contributed by atoms with Crippen LogP contribution in [0.15, 0.2) is 48.6 Å². The summed E-state index contributed by atoms with van der Waals surface area (Å²) in [7, 11) is 0. The molecule has 0 unspecified atom stereocenters. The molecule has 2 rings (SSSR count). The Morgan fingerprint density at radius 1 is 1.27 bits per heavy atom. The van der Waals surface area contributed by atoms with Gasteiger partial charge < -0.3 is 25.2 Å². The summed E-state index contributed by atoms with van der Waals surface area (Å²) in [5.41, 5.74) is -1.57. The van der Waals surface area contributed by atoms with Crippen LogP contribution in [0, 0.1) is 11.8 Å². The van der Waals surface area contributed by atoms with Crippen molar-refractivity contribution in [1.29, 1.82) is 0 Å². The van der Waals surface area contributed by atoms with Crippen molar-refractivity contribution in [2.75, 3.05) is 0 Å². The van der Waals surface area contributed by atoms with E-state index in [-0.39, 0.29) is 18.4 Å². The van der Waals surface area contributed by atoms with Crippen molar-refractivity contribution in [3.63, 3.8) is 0 Å². The van der Waals surface area contributed by atoms with Gasteiger partial charge in [0.25, 0.3) is 0 Å². The summed E-state index contributed by atoms with van der Waals surface area (Å²) < 4.78 is 5.28. The zero-order valence-corrected chi connectivity index (χ0v) is 17.9. The number of aliphatic hydroxyl groups excluding tert-OH is 3. The third-order valence-electron chi connectivity index (χ3n) is 5.90. The van der Waals surface area contributed by atoms with E-state index in [4.69, 9.17) is 4.74 Å². The summed E-state index contributed by atoms with van der Waals surface area (Å²) in [6, 6.07) is 0. The summed E-state index contributed by atoms with van der Waals surface area (Å²) in [6.07, 6.45) is 15.0. The lowest BCUT2D eigenvalue weighted by Crippen LogP contribution is -2.40. The van der Waals surface area contributed by atoms with Crippen molar-refractivity contribution in [3.05, 3.63) is 48.6 Å². The molecule has 6 nitrogen and oxygen atoms in total. The first kappa shape index (κ1) is 24.5. The average Bonchev–Trinajstić information content (AvgIpc) is 2.70. The quantitative estimate of drug-likeness (QED) is 0.259. The number of esters is 1. The second-order valence-electron chi connectivity index (χ2n) is 8.59. The van der Waals surface area contributed by atoms with Crippen molar-refractivity contribution in [3.8, 4) is 0 Å². The third kappa shape index (κ3) is 7.84. The molecule has 0 saturated heterocycles. The van der Waals surface area contributed by atoms with Gasteiger partial charge in [0.1, 0.15) is 11.7 Å². The molecular formula is C24H36O6. The van der Waals surface area contributed by atoms with Crippen molar-refractivity contribution >= 4 is 5.97 Å². The van der Waals surface area contributed by atoms with E-state index in [0.29, 0.717) is 5.92 Å². The van der Waals surface area contributed by atoms with Crippen molar-refractivity contribution < 1.29 is 30.0 Å². The molecule has 1 aliphatic heterocycles. The number of carbonyl (C=O) groups is 1. The topological polar surface area (TPSA) is 107 Å². The standard InChI is InChI=1S/C24H36O6/c1-3-18-11-12-23(28)30-21(18)13-14-24(2,29)22(27)16-20(26)9-5-4-7-17-8-6-10-19(25)15-17/h4-5,7,9,11-14,17-22,25-27,29H,3,6,8,10,15-16H2,1-2H3/b7-4-,9-5-,14-13+/t17-,18+,19+,20+,21+,22-,24-/m1/s1. The molecular weight excluding hydrogens is 384 g/mol. The molecule has 30 heavy (non-hydrogen) atoms. The van der Waals surface area contributed by atoms with Crippen molar-refractivity contribution in [1.82, 2.24) is 0 Å². The van der Waals surface area contributed by atoms with Crippen LogP contribution in [-0.2, 0) is 9.53 Å². The molecule has 1 saturated carbocycles. The monoisotopic (exact) mass is 420 g/mol.